The van der Waals surface area contributed by atoms with E-state index in [9.17, 15) is 18.0 Å². The summed E-state index contributed by atoms with van der Waals surface area (Å²) in [6.07, 6.45) is -4.25. The van der Waals surface area contributed by atoms with Crippen molar-refractivity contribution in [3.63, 3.8) is 0 Å². The first kappa shape index (κ1) is 13.3. The molecule has 0 heterocycles. The molecule has 0 aromatic heterocycles. The fourth-order valence-corrected chi connectivity index (χ4v) is 1.37. The van der Waals surface area contributed by atoms with Gasteiger partial charge in [0.25, 0.3) is 0 Å². The summed E-state index contributed by atoms with van der Waals surface area (Å²) < 4.78 is 36.6. The molecule has 0 fully saturated rings. The van der Waals surface area contributed by atoms with Crippen LogP contribution in [0, 0.1) is 0 Å². The number of alkyl halides is 4. The van der Waals surface area contributed by atoms with E-state index in [-0.39, 0.29) is 6.42 Å². The highest BCUT2D eigenvalue weighted by atomic mass is 35.5. The van der Waals surface area contributed by atoms with E-state index in [2.05, 4.69) is 0 Å². The van der Waals surface area contributed by atoms with Crippen molar-refractivity contribution in [1.29, 1.82) is 0 Å². The number of rotatable bonds is 3. The lowest BCUT2D eigenvalue weighted by Gasteiger charge is -2.08. The van der Waals surface area contributed by atoms with Crippen molar-refractivity contribution in [2.45, 2.75) is 18.0 Å². The summed E-state index contributed by atoms with van der Waals surface area (Å²) in [6.45, 7) is 0. The van der Waals surface area contributed by atoms with Gasteiger partial charge < -0.3 is 0 Å². The van der Waals surface area contributed by atoms with Crippen LogP contribution >= 0.6 is 23.2 Å². The average Bonchev–Trinajstić information content (AvgIpc) is 2.17. The van der Waals surface area contributed by atoms with Gasteiger partial charge in [0, 0.05) is 0 Å². The molecule has 16 heavy (non-hydrogen) atoms. The van der Waals surface area contributed by atoms with Gasteiger partial charge in [-0.2, -0.15) is 13.2 Å². The van der Waals surface area contributed by atoms with Gasteiger partial charge in [-0.05, 0) is 35.7 Å². The van der Waals surface area contributed by atoms with Crippen LogP contribution in [-0.2, 0) is 17.4 Å². The van der Waals surface area contributed by atoms with Gasteiger partial charge >= 0.3 is 6.18 Å². The van der Waals surface area contributed by atoms with Crippen LogP contribution in [0.2, 0.25) is 0 Å². The summed E-state index contributed by atoms with van der Waals surface area (Å²) >= 11 is 10.7. The zero-order chi connectivity index (χ0) is 12.3. The molecule has 1 unspecified atom stereocenters. The molecule has 0 saturated heterocycles. The summed E-state index contributed by atoms with van der Waals surface area (Å²) in [5.74, 6) is 0. The fraction of sp³-hybridized carbons (Fsp3) is 0.300. The van der Waals surface area contributed by atoms with Crippen LogP contribution in [0.4, 0.5) is 13.2 Å². The highest BCUT2D eigenvalue weighted by Crippen LogP contribution is 2.29. The van der Waals surface area contributed by atoms with Gasteiger partial charge in [0.2, 0.25) is 5.24 Å². The molecule has 88 valence electrons. The summed E-state index contributed by atoms with van der Waals surface area (Å²) in [5.41, 5.74) is -0.207. The molecule has 0 bridgehead atoms. The standard InChI is InChI=1S/C10H7Cl2F3O/c11-8(9(12)16)5-6-1-3-7(4-2-6)10(13,14)15/h1-4,8H,5H2. The Kier molecular flexibility index (Phi) is 4.21. The maximum absolute atomic E-state index is 12.2. The number of benzene rings is 1. The van der Waals surface area contributed by atoms with E-state index >= 15 is 0 Å². The Balaban J connectivity index is 2.76. The predicted molar refractivity (Wildman–Crippen MR) is 55.6 cm³/mol. The van der Waals surface area contributed by atoms with E-state index in [1.165, 1.54) is 12.1 Å². The van der Waals surface area contributed by atoms with Gasteiger partial charge in [-0.25, -0.2) is 0 Å². The van der Waals surface area contributed by atoms with Gasteiger partial charge in [-0.3, -0.25) is 4.79 Å². The molecule has 1 nitrogen and oxygen atoms in total. The Morgan fingerprint density at radius 1 is 1.25 bits per heavy atom. The topological polar surface area (TPSA) is 17.1 Å². The first-order valence-corrected chi connectivity index (χ1v) is 5.11. The summed E-state index contributed by atoms with van der Waals surface area (Å²) in [5, 5.41) is -1.64. The third-order valence-electron chi connectivity index (χ3n) is 1.94. The van der Waals surface area contributed by atoms with Crippen molar-refractivity contribution in [1.82, 2.24) is 0 Å². The lowest BCUT2D eigenvalue weighted by atomic mass is 10.1. The molecule has 1 aromatic carbocycles. The molecule has 0 aliphatic carbocycles. The normalized spacial score (nSPS) is 13.6. The lowest BCUT2D eigenvalue weighted by Crippen LogP contribution is -2.11. The van der Waals surface area contributed by atoms with E-state index in [4.69, 9.17) is 23.2 Å². The highest BCUT2D eigenvalue weighted by Gasteiger charge is 2.30. The minimum absolute atomic E-state index is 0.113. The van der Waals surface area contributed by atoms with Gasteiger partial charge in [0.1, 0.15) is 5.38 Å². The SMILES string of the molecule is O=C(Cl)C(Cl)Cc1ccc(C(F)(F)F)cc1. The molecular weight excluding hydrogens is 264 g/mol. The maximum Gasteiger partial charge on any atom is 0.416 e. The maximum atomic E-state index is 12.2. The van der Waals surface area contributed by atoms with Crippen molar-refractivity contribution in [2.75, 3.05) is 0 Å². The molecule has 0 aliphatic rings. The zero-order valence-corrected chi connectivity index (χ0v) is 9.40. The first-order chi connectivity index (χ1) is 7.30. The average molecular weight is 271 g/mol. The van der Waals surface area contributed by atoms with Crippen LogP contribution in [0.1, 0.15) is 11.1 Å². The van der Waals surface area contributed by atoms with E-state index in [1.54, 1.807) is 0 Å². The van der Waals surface area contributed by atoms with Crippen LogP contribution in [0.5, 0.6) is 0 Å². The number of carbonyl (C=O) groups excluding carboxylic acids is 1. The summed E-state index contributed by atoms with van der Waals surface area (Å²) in [7, 11) is 0. The fourth-order valence-electron chi connectivity index (χ4n) is 1.12. The molecule has 0 aliphatic heterocycles. The predicted octanol–water partition coefficient (Wildman–Crippen LogP) is 3.62. The van der Waals surface area contributed by atoms with E-state index in [0.29, 0.717) is 5.56 Å². The second-order valence-electron chi connectivity index (χ2n) is 3.17. The molecule has 6 heteroatoms. The zero-order valence-electron chi connectivity index (χ0n) is 7.89. The van der Waals surface area contributed by atoms with E-state index in [1.807, 2.05) is 0 Å². The summed E-state index contributed by atoms with van der Waals surface area (Å²) in [4.78, 5) is 10.6. The van der Waals surface area contributed by atoms with Gasteiger partial charge in [0.15, 0.2) is 0 Å². The summed E-state index contributed by atoms with van der Waals surface area (Å²) in [6, 6.07) is 4.44. The third-order valence-corrected chi connectivity index (χ3v) is 2.67. The Bertz CT molecular complexity index is 373. The Hall–Kier alpha value is -0.740. The Labute approximate surface area is 100 Å². The number of hydrogen-bond donors (Lipinski definition) is 0. The molecule has 0 saturated carbocycles. The monoisotopic (exact) mass is 270 g/mol. The molecule has 0 spiro atoms. The van der Waals surface area contributed by atoms with Crippen molar-refractivity contribution in [2.24, 2.45) is 0 Å². The molecule has 1 aromatic rings. The van der Waals surface area contributed by atoms with E-state index in [0.717, 1.165) is 12.1 Å². The minimum atomic E-state index is -4.36. The van der Waals surface area contributed by atoms with Crippen LogP contribution in [0.25, 0.3) is 0 Å². The Morgan fingerprint density at radius 3 is 2.12 bits per heavy atom. The largest absolute Gasteiger partial charge is 0.416 e. The number of carbonyl (C=O) groups is 1. The van der Waals surface area contributed by atoms with Gasteiger partial charge in [0.05, 0.1) is 5.56 Å². The van der Waals surface area contributed by atoms with Crippen LogP contribution in [-0.4, -0.2) is 10.6 Å². The second kappa shape index (κ2) is 5.06. The first-order valence-electron chi connectivity index (χ1n) is 4.30. The van der Waals surface area contributed by atoms with Crippen molar-refractivity contribution < 1.29 is 18.0 Å². The van der Waals surface area contributed by atoms with Gasteiger partial charge in [-0.15, -0.1) is 11.6 Å². The van der Waals surface area contributed by atoms with Crippen LogP contribution in [0.3, 0.4) is 0 Å². The number of hydrogen-bond acceptors (Lipinski definition) is 1. The van der Waals surface area contributed by atoms with Crippen LogP contribution < -0.4 is 0 Å². The molecule has 0 N–H and O–H groups in total. The molecule has 0 amide bonds. The number of halogens is 5. The molecule has 0 radical (unpaired) electrons. The molecule has 1 rings (SSSR count). The minimum Gasteiger partial charge on any atom is -0.280 e. The molecular formula is C10H7Cl2F3O. The Morgan fingerprint density at radius 2 is 1.75 bits per heavy atom. The highest BCUT2D eigenvalue weighted by molar-refractivity contribution is 6.69. The smallest absolute Gasteiger partial charge is 0.280 e. The quantitative estimate of drug-likeness (QED) is 0.606. The van der Waals surface area contributed by atoms with Gasteiger partial charge in [-0.1, -0.05) is 12.1 Å². The van der Waals surface area contributed by atoms with Crippen molar-refractivity contribution >= 4 is 28.4 Å². The van der Waals surface area contributed by atoms with E-state index < -0.39 is 22.4 Å². The second-order valence-corrected chi connectivity index (χ2v) is 4.07. The van der Waals surface area contributed by atoms with Crippen molar-refractivity contribution in [3.05, 3.63) is 35.4 Å². The van der Waals surface area contributed by atoms with Crippen molar-refractivity contribution in [3.8, 4) is 0 Å². The molecule has 1 atom stereocenters. The van der Waals surface area contributed by atoms with Crippen LogP contribution in [0.15, 0.2) is 24.3 Å². The third kappa shape index (κ3) is 3.68. The lowest BCUT2D eigenvalue weighted by molar-refractivity contribution is -0.137.